The van der Waals surface area contributed by atoms with Gasteiger partial charge in [0.05, 0.1) is 25.1 Å². The van der Waals surface area contributed by atoms with Crippen LogP contribution >= 0.6 is 12.4 Å². The fourth-order valence-corrected chi connectivity index (χ4v) is 2.84. The summed E-state index contributed by atoms with van der Waals surface area (Å²) in [6.07, 6.45) is 3.01. The lowest BCUT2D eigenvalue weighted by molar-refractivity contribution is 0.0993. The number of aliphatic hydroxyl groups excluding tert-OH is 1. The van der Waals surface area contributed by atoms with Gasteiger partial charge in [-0.3, -0.25) is 4.79 Å². The van der Waals surface area contributed by atoms with Gasteiger partial charge < -0.3 is 20.1 Å². The summed E-state index contributed by atoms with van der Waals surface area (Å²) in [4.78, 5) is 15.1. The second kappa shape index (κ2) is 8.69. The van der Waals surface area contributed by atoms with E-state index in [0.29, 0.717) is 13.0 Å². The molecular weight excluding hydrogens is 354 g/mol. The molecule has 0 spiro atoms. The first-order chi connectivity index (χ1) is 12.0. The van der Waals surface area contributed by atoms with Gasteiger partial charge in [0.25, 0.3) is 5.91 Å². The van der Waals surface area contributed by atoms with Gasteiger partial charge in [-0.15, -0.1) is 12.4 Å². The molecule has 2 atom stereocenters. The van der Waals surface area contributed by atoms with Crippen molar-refractivity contribution in [1.29, 1.82) is 0 Å². The lowest BCUT2D eigenvalue weighted by atomic mass is 10.1. The highest BCUT2D eigenvalue weighted by Crippen LogP contribution is 2.22. The third-order valence-corrected chi connectivity index (χ3v) is 4.20. The van der Waals surface area contributed by atoms with Gasteiger partial charge in [0, 0.05) is 12.6 Å². The highest BCUT2D eigenvalue weighted by molar-refractivity contribution is 5.90. The Morgan fingerprint density at radius 2 is 2.00 bits per heavy atom. The largest absolute Gasteiger partial charge is 0.493 e. The van der Waals surface area contributed by atoms with E-state index in [9.17, 15) is 9.90 Å². The van der Waals surface area contributed by atoms with Crippen LogP contribution in [0.2, 0.25) is 0 Å². The van der Waals surface area contributed by atoms with Crippen LogP contribution in [0.4, 0.5) is 0 Å². The van der Waals surface area contributed by atoms with E-state index in [1.54, 1.807) is 17.7 Å². The Morgan fingerprint density at radius 3 is 2.65 bits per heavy atom. The molecule has 0 saturated heterocycles. The van der Waals surface area contributed by atoms with Crippen molar-refractivity contribution in [2.24, 2.45) is 5.73 Å². The average Bonchev–Trinajstić information content (AvgIpc) is 3.08. The normalized spacial score (nSPS) is 13.0. The summed E-state index contributed by atoms with van der Waals surface area (Å²) in [7, 11) is 0. The fraction of sp³-hybridized carbons (Fsp3) is 0.263. The number of carbonyl (C=O) groups excluding carboxylic acids is 1. The molecule has 0 bridgehead atoms. The van der Waals surface area contributed by atoms with Gasteiger partial charge in [0.15, 0.2) is 0 Å². The van der Waals surface area contributed by atoms with Gasteiger partial charge in [-0.05, 0) is 29.8 Å². The lowest BCUT2D eigenvalue weighted by Gasteiger charge is -2.21. The summed E-state index contributed by atoms with van der Waals surface area (Å²) in [5, 5.41) is 12.3. The second-order valence-electron chi connectivity index (χ2n) is 6.02. The van der Waals surface area contributed by atoms with Crippen LogP contribution < -0.4 is 10.5 Å². The van der Waals surface area contributed by atoms with Crippen molar-refractivity contribution in [3.8, 4) is 5.75 Å². The number of halogens is 1. The number of nitrogens with zero attached hydrogens (tertiary/aromatic N) is 2. The number of primary amides is 1. The minimum atomic E-state index is -0.616. The summed E-state index contributed by atoms with van der Waals surface area (Å²) in [5.74, 6) is 0.196. The molecule has 0 saturated carbocycles. The molecule has 0 radical (unpaired) electrons. The smallest absolute Gasteiger partial charge is 0.268 e. The monoisotopic (exact) mass is 375 g/mol. The number of nitrogens with two attached hydrogens (primary N) is 1. The van der Waals surface area contributed by atoms with Gasteiger partial charge in [-0.2, -0.15) is 0 Å². The van der Waals surface area contributed by atoms with Crippen LogP contribution in [-0.2, 0) is 0 Å². The molecule has 2 aromatic carbocycles. The van der Waals surface area contributed by atoms with E-state index >= 15 is 0 Å². The minimum absolute atomic E-state index is 0. The Morgan fingerprint density at radius 1 is 1.27 bits per heavy atom. The van der Waals surface area contributed by atoms with Crippen LogP contribution in [0.15, 0.2) is 55.0 Å². The number of benzene rings is 2. The third kappa shape index (κ3) is 4.53. The highest BCUT2D eigenvalue weighted by Gasteiger charge is 2.18. The number of hydrogen-bond acceptors (Lipinski definition) is 4. The molecular formula is C19H22ClN3O3. The van der Waals surface area contributed by atoms with E-state index in [2.05, 4.69) is 11.1 Å². The number of rotatable bonds is 7. The second-order valence-corrected chi connectivity index (χ2v) is 6.02. The van der Waals surface area contributed by atoms with Crippen molar-refractivity contribution in [1.82, 2.24) is 9.55 Å². The predicted octanol–water partition coefficient (Wildman–Crippen LogP) is 2.95. The third-order valence-electron chi connectivity index (χ3n) is 4.20. The summed E-state index contributed by atoms with van der Waals surface area (Å²) in [6, 6.07) is 13.8. The number of imidazole rings is 1. The zero-order valence-corrected chi connectivity index (χ0v) is 15.2. The highest BCUT2D eigenvalue weighted by atomic mass is 35.5. The fourth-order valence-electron chi connectivity index (χ4n) is 2.84. The molecule has 3 aromatic rings. The first-order valence-electron chi connectivity index (χ1n) is 8.17. The summed E-state index contributed by atoms with van der Waals surface area (Å²) in [6.45, 7) is 2.13. The molecule has 138 valence electrons. The maximum atomic E-state index is 11.2. The molecule has 7 heteroatoms. The molecule has 6 nitrogen and oxygen atoms in total. The van der Waals surface area contributed by atoms with Crippen LogP contribution in [0.5, 0.6) is 5.75 Å². The van der Waals surface area contributed by atoms with Gasteiger partial charge in [-0.25, -0.2) is 4.98 Å². The molecule has 1 heterocycles. The molecule has 3 rings (SSSR count). The average molecular weight is 376 g/mol. The molecule has 0 fully saturated rings. The lowest BCUT2D eigenvalue weighted by Crippen LogP contribution is -2.23. The molecule has 1 aromatic heterocycles. The van der Waals surface area contributed by atoms with Crippen molar-refractivity contribution in [3.63, 3.8) is 0 Å². The molecule has 3 N–H and O–H groups in total. The predicted molar refractivity (Wildman–Crippen MR) is 103 cm³/mol. The van der Waals surface area contributed by atoms with Crippen LogP contribution in [0.1, 0.15) is 29.9 Å². The zero-order valence-electron chi connectivity index (χ0n) is 14.4. The summed E-state index contributed by atoms with van der Waals surface area (Å²) >= 11 is 0. The van der Waals surface area contributed by atoms with E-state index in [4.69, 9.17) is 10.5 Å². The number of fused-ring (bicyclic) bond motifs is 1. The Labute approximate surface area is 158 Å². The van der Waals surface area contributed by atoms with E-state index < -0.39 is 12.0 Å². The van der Waals surface area contributed by atoms with Gasteiger partial charge >= 0.3 is 0 Å². The molecule has 0 unspecified atom stereocenters. The van der Waals surface area contributed by atoms with Crippen LogP contribution in [0.25, 0.3) is 10.8 Å². The number of ether oxygens (including phenoxy) is 1. The quantitative estimate of drug-likeness (QED) is 0.664. The van der Waals surface area contributed by atoms with Crippen LogP contribution in [0, 0.1) is 0 Å². The van der Waals surface area contributed by atoms with E-state index in [-0.39, 0.29) is 24.1 Å². The Bertz CT molecular complexity index is 879. The van der Waals surface area contributed by atoms with Crippen molar-refractivity contribution in [3.05, 3.63) is 60.7 Å². The number of aromatic nitrogens is 2. The number of hydrogen-bond donors (Lipinski definition) is 2. The number of carbonyl (C=O) groups is 1. The SMILES string of the molecule is C[C@H](O)[C@@H](CCOc1ccc2ccccc2c1)n1cnc(C(N)=O)c1.Cl. The topological polar surface area (TPSA) is 90.4 Å². The van der Waals surface area contributed by atoms with Crippen molar-refractivity contribution in [2.45, 2.75) is 25.5 Å². The van der Waals surface area contributed by atoms with Gasteiger partial charge in [0.2, 0.25) is 0 Å². The minimum Gasteiger partial charge on any atom is -0.493 e. The Kier molecular flexibility index (Phi) is 6.60. The summed E-state index contributed by atoms with van der Waals surface area (Å²) in [5.41, 5.74) is 5.40. The van der Waals surface area contributed by atoms with E-state index in [1.165, 1.54) is 6.33 Å². The number of aliphatic hydroxyl groups is 1. The first kappa shape index (κ1) is 19.8. The number of amides is 1. The van der Waals surface area contributed by atoms with Gasteiger partial charge in [0.1, 0.15) is 11.4 Å². The van der Waals surface area contributed by atoms with Crippen molar-refractivity contribution >= 4 is 29.1 Å². The van der Waals surface area contributed by atoms with Crippen LogP contribution in [0.3, 0.4) is 0 Å². The van der Waals surface area contributed by atoms with Crippen molar-refractivity contribution < 1.29 is 14.6 Å². The molecule has 0 aliphatic carbocycles. The molecule has 26 heavy (non-hydrogen) atoms. The maximum absolute atomic E-state index is 11.2. The van der Waals surface area contributed by atoms with E-state index in [1.807, 2.05) is 36.4 Å². The Balaban J connectivity index is 0.00000243. The van der Waals surface area contributed by atoms with Gasteiger partial charge in [-0.1, -0.05) is 30.3 Å². The Hall–Kier alpha value is -2.57. The summed E-state index contributed by atoms with van der Waals surface area (Å²) < 4.78 is 7.54. The maximum Gasteiger partial charge on any atom is 0.268 e. The zero-order chi connectivity index (χ0) is 17.8. The standard InChI is InChI=1S/C19H21N3O3.ClH/c1-13(23)18(22-11-17(19(20)24)21-12-22)8-9-25-16-7-6-14-4-2-3-5-15(14)10-16;/h2-7,10-13,18,23H,8-9H2,1H3,(H2,20,24);1H/t13-,18+;/m0./s1. The molecule has 0 aliphatic heterocycles. The van der Waals surface area contributed by atoms with Crippen molar-refractivity contribution in [2.75, 3.05) is 6.61 Å². The molecule has 0 aliphatic rings. The van der Waals surface area contributed by atoms with Crippen LogP contribution in [-0.4, -0.2) is 33.3 Å². The molecule has 1 amide bonds. The first-order valence-corrected chi connectivity index (χ1v) is 8.17. The van der Waals surface area contributed by atoms with E-state index in [0.717, 1.165) is 16.5 Å².